The number of nitrogens with zero attached hydrogens (tertiary/aromatic N) is 1. The number of ether oxygens (including phenoxy) is 8. The van der Waals surface area contributed by atoms with E-state index in [-0.39, 0.29) is 0 Å². The van der Waals surface area contributed by atoms with Gasteiger partial charge in [-0.1, -0.05) is 30.3 Å². The zero-order valence-corrected chi connectivity index (χ0v) is 24.9. The normalized spacial score (nSPS) is 16.4. The van der Waals surface area contributed by atoms with E-state index in [9.17, 15) is 0 Å². The fourth-order valence-electron chi connectivity index (χ4n) is 4.37. The Bertz CT molecular complexity index is 1180. The van der Waals surface area contributed by atoms with Crippen molar-refractivity contribution in [1.29, 1.82) is 0 Å². The van der Waals surface area contributed by atoms with Crippen molar-refractivity contribution in [3.05, 3.63) is 114 Å². The van der Waals surface area contributed by atoms with Crippen LogP contribution in [0.15, 0.2) is 91.0 Å². The van der Waals surface area contributed by atoms with E-state index >= 15 is 0 Å². The van der Waals surface area contributed by atoms with E-state index in [0.717, 1.165) is 45.5 Å². The second-order valence-electron chi connectivity index (χ2n) is 9.99. The molecular weight excluding hydrogens is 562 g/mol. The van der Waals surface area contributed by atoms with E-state index in [1.807, 2.05) is 84.9 Å². The fraction of sp³-hybridized carbons (Fsp3) is 0.343. The molecule has 3 aromatic carbocycles. The lowest BCUT2D eigenvalue weighted by molar-refractivity contribution is 0.0817. The molecule has 0 fully saturated rings. The molecule has 9 nitrogen and oxygen atoms in total. The van der Waals surface area contributed by atoms with Gasteiger partial charge in [0.25, 0.3) is 0 Å². The van der Waals surface area contributed by atoms with Crippen molar-refractivity contribution in [2.75, 3.05) is 52.9 Å². The maximum atomic E-state index is 5.82. The second-order valence-corrected chi connectivity index (χ2v) is 9.99. The first-order valence-corrected chi connectivity index (χ1v) is 14.9. The SMILES string of the molecule is c1cc2cc(c1)COCCOc1ccc(cc1)OCCOCc1cccc(n1)COCCOc1ccc(cc1)OCCOC2. The zero-order valence-electron chi connectivity index (χ0n) is 24.9. The van der Waals surface area contributed by atoms with E-state index in [0.29, 0.717) is 79.3 Å². The lowest BCUT2D eigenvalue weighted by atomic mass is 10.1. The molecule has 8 bridgehead atoms. The van der Waals surface area contributed by atoms with Crippen LogP contribution in [-0.2, 0) is 45.4 Å². The lowest BCUT2D eigenvalue weighted by Crippen LogP contribution is -2.09. The highest BCUT2D eigenvalue weighted by atomic mass is 16.5. The third-order valence-electron chi connectivity index (χ3n) is 6.53. The molecule has 4 aromatic rings. The first kappa shape index (κ1) is 31.3. The molecule has 9 heteroatoms. The van der Waals surface area contributed by atoms with Crippen molar-refractivity contribution in [1.82, 2.24) is 4.98 Å². The molecule has 0 atom stereocenters. The molecular formula is C35H39NO8. The molecule has 0 saturated heterocycles. The van der Waals surface area contributed by atoms with Gasteiger partial charge < -0.3 is 37.9 Å². The second kappa shape index (κ2) is 17.8. The number of hydrogen-bond acceptors (Lipinski definition) is 9. The Kier molecular flexibility index (Phi) is 12.7. The van der Waals surface area contributed by atoms with Gasteiger partial charge in [-0.25, -0.2) is 0 Å². The van der Waals surface area contributed by atoms with Crippen LogP contribution in [-0.4, -0.2) is 57.8 Å². The summed E-state index contributed by atoms with van der Waals surface area (Å²) in [5.41, 5.74) is 3.85. The highest BCUT2D eigenvalue weighted by Crippen LogP contribution is 2.19. The monoisotopic (exact) mass is 601 g/mol. The summed E-state index contributed by atoms with van der Waals surface area (Å²) >= 11 is 0. The summed E-state index contributed by atoms with van der Waals surface area (Å²) in [5.74, 6) is 3.03. The molecule has 5 heterocycles. The van der Waals surface area contributed by atoms with Gasteiger partial charge in [0, 0.05) is 0 Å². The minimum Gasteiger partial charge on any atom is -0.491 e. The molecule has 0 radical (unpaired) electrons. The summed E-state index contributed by atoms with van der Waals surface area (Å²) in [4.78, 5) is 4.61. The van der Waals surface area contributed by atoms with E-state index in [4.69, 9.17) is 37.9 Å². The van der Waals surface area contributed by atoms with E-state index in [1.165, 1.54) is 0 Å². The number of aromatic nitrogens is 1. The Hall–Kier alpha value is -4.15. The standard InChI is InChI=1S/C35H39NO8/c1-3-28-23-29(4-1)25-38-16-20-42-33-9-13-35(14-10-33)44-22-18-40-27-31-6-2-5-30(36-31)26-39-17-21-43-34-11-7-32(8-12-34)41-19-15-37-24-28/h1-14,23H,15-22,24-27H2. The molecule has 0 aliphatic carbocycles. The topological polar surface area (TPSA) is 86.7 Å². The van der Waals surface area contributed by atoms with Crippen LogP contribution < -0.4 is 18.9 Å². The van der Waals surface area contributed by atoms with Gasteiger partial charge in [-0.2, -0.15) is 0 Å². The first-order chi connectivity index (χ1) is 21.8. The van der Waals surface area contributed by atoms with Gasteiger partial charge >= 0.3 is 0 Å². The van der Waals surface area contributed by atoms with Crippen LogP contribution in [0.3, 0.4) is 0 Å². The number of benzene rings is 3. The van der Waals surface area contributed by atoms with Gasteiger partial charge in [0.05, 0.1) is 64.2 Å². The lowest BCUT2D eigenvalue weighted by Gasteiger charge is -2.11. The largest absolute Gasteiger partial charge is 0.491 e. The molecule has 0 amide bonds. The van der Waals surface area contributed by atoms with Crippen LogP contribution in [0.1, 0.15) is 22.5 Å². The van der Waals surface area contributed by atoms with Crippen LogP contribution >= 0.6 is 0 Å². The summed E-state index contributed by atoms with van der Waals surface area (Å²) in [7, 11) is 0. The highest BCUT2D eigenvalue weighted by Gasteiger charge is 2.03. The molecule has 4 aliphatic heterocycles. The Morgan fingerprint density at radius 1 is 0.364 bits per heavy atom. The highest BCUT2D eigenvalue weighted by molar-refractivity contribution is 5.32. The quantitative estimate of drug-likeness (QED) is 0.249. The van der Waals surface area contributed by atoms with Crippen molar-refractivity contribution in [3.8, 4) is 23.0 Å². The molecule has 232 valence electrons. The van der Waals surface area contributed by atoms with E-state index in [2.05, 4.69) is 11.1 Å². The van der Waals surface area contributed by atoms with Crippen molar-refractivity contribution in [2.24, 2.45) is 0 Å². The predicted octanol–water partition coefficient (Wildman–Crippen LogP) is 5.78. The van der Waals surface area contributed by atoms with Crippen LogP contribution in [0.4, 0.5) is 0 Å². The van der Waals surface area contributed by atoms with E-state index < -0.39 is 0 Å². The summed E-state index contributed by atoms with van der Waals surface area (Å²) in [6.07, 6.45) is 0. The Morgan fingerprint density at radius 2 is 0.705 bits per heavy atom. The fourth-order valence-corrected chi connectivity index (χ4v) is 4.37. The predicted molar refractivity (Wildman–Crippen MR) is 164 cm³/mol. The minimum atomic E-state index is 0.396. The Labute approximate surface area is 258 Å². The molecule has 0 saturated carbocycles. The number of rotatable bonds is 0. The molecule has 0 N–H and O–H groups in total. The van der Waals surface area contributed by atoms with Gasteiger partial charge in [0.1, 0.15) is 49.4 Å². The number of hydrogen-bond donors (Lipinski definition) is 0. The van der Waals surface area contributed by atoms with Crippen LogP contribution in [0.2, 0.25) is 0 Å². The van der Waals surface area contributed by atoms with Crippen LogP contribution in [0.25, 0.3) is 0 Å². The molecule has 8 rings (SSSR count). The number of pyridine rings is 1. The van der Waals surface area contributed by atoms with Crippen molar-refractivity contribution in [2.45, 2.75) is 26.4 Å². The third kappa shape index (κ3) is 11.2. The smallest absolute Gasteiger partial charge is 0.119 e. The zero-order chi connectivity index (χ0) is 30.1. The van der Waals surface area contributed by atoms with Crippen molar-refractivity contribution < 1.29 is 37.9 Å². The average Bonchev–Trinajstić information content (AvgIpc) is 3.05. The van der Waals surface area contributed by atoms with Crippen molar-refractivity contribution >= 4 is 0 Å². The Balaban J connectivity index is 1.11. The van der Waals surface area contributed by atoms with Gasteiger partial charge in [-0.05, 0) is 71.8 Å². The average molecular weight is 602 g/mol. The molecule has 44 heavy (non-hydrogen) atoms. The first-order valence-electron chi connectivity index (χ1n) is 14.9. The van der Waals surface area contributed by atoms with Gasteiger partial charge in [0.15, 0.2) is 0 Å². The molecule has 0 spiro atoms. The molecule has 1 aromatic heterocycles. The maximum absolute atomic E-state index is 5.82. The van der Waals surface area contributed by atoms with E-state index in [1.54, 1.807) is 0 Å². The van der Waals surface area contributed by atoms with Gasteiger partial charge in [-0.15, -0.1) is 0 Å². The summed E-state index contributed by atoms with van der Waals surface area (Å²) < 4.78 is 46.3. The van der Waals surface area contributed by atoms with Gasteiger partial charge in [-0.3, -0.25) is 4.98 Å². The maximum Gasteiger partial charge on any atom is 0.119 e. The Morgan fingerprint density at radius 3 is 1.09 bits per heavy atom. The van der Waals surface area contributed by atoms with Crippen LogP contribution in [0.5, 0.6) is 23.0 Å². The van der Waals surface area contributed by atoms with Gasteiger partial charge in [0.2, 0.25) is 0 Å². The van der Waals surface area contributed by atoms with Crippen molar-refractivity contribution in [3.63, 3.8) is 0 Å². The third-order valence-corrected chi connectivity index (χ3v) is 6.53. The summed E-state index contributed by atoms with van der Waals surface area (Å²) in [6.45, 7) is 5.41. The molecule has 4 aliphatic rings. The summed E-state index contributed by atoms with van der Waals surface area (Å²) in [5, 5.41) is 0. The van der Waals surface area contributed by atoms with Crippen LogP contribution in [0, 0.1) is 0 Å². The molecule has 0 unspecified atom stereocenters. The summed E-state index contributed by atoms with van der Waals surface area (Å²) in [6, 6.07) is 29.1. The minimum absolute atomic E-state index is 0.396.